The second-order valence-electron chi connectivity index (χ2n) is 7.57. The van der Waals surface area contributed by atoms with Crippen LogP contribution in [0.5, 0.6) is 0 Å². The van der Waals surface area contributed by atoms with E-state index in [4.69, 9.17) is 27.7 Å². The lowest BCUT2D eigenvalue weighted by atomic mass is 9.72. The fraction of sp³-hybridized carbons (Fsp3) is 0.217. The van der Waals surface area contributed by atoms with Crippen molar-refractivity contribution in [2.24, 2.45) is 0 Å². The number of fused-ring (bicyclic) bond motifs is 1. The van der Waals surface area contributed by atoms with Gasteiger partial charge in [-0.1, -0.05) is 64.8 Å². The number of aromatic nitrogens is 1. The first-order valence-electron chi connectivity index (χ1n) is 9.52. The number of nitrogens with one attached hydrogen (secondary N) is 1. The molecule has 0 saturated carbocycles. The molecule has 1 aliphatic heterocycles. The van der Waals surface area contributed by atoms with E-state index in [0.29, 0.717) is 22.4 Å². The maximum absolute atomic E-state index is 13.4. The fourth-order valence-corrected chi connectivity index (χ4v) is 5.00. The van der Waals surface area contributed by atoms with Gasteiger partial charge in [-0.25, -0.2) is 0 Å². The summed E-state index contributed by atoms with van der Waals surface area (Å²) in [5.74, 6) is 0.511. The summed E-state index contributed by atoms with van der Waals surface area (Å²) in [6, 6.07) is 15.5. The van der Waals surface area contributed by atoms with Gasteiger partial charge in [0.15, 0.2) is 5.78 Å². The standard InChI is InChI=1S/C23H18Cl2N2O2/c1-12-20-21(16-8-7-15(24)11-17(16)25)22-18(26-23(20)29-27-12)9-14(10-19(22)28)13-5-3-2-4-6-13/h2-8,11,14,21,26H,9-10H2,1H3. The van der Waals surface area contributed by atoms with Gasteiger partial charge in [0, 0.05) is 33.7 Å². The molecule has 3 aromatic rings. The number of Topliss-reactive ketones (excluding diaryl/α,β-unsaturated/α-hetero) is 1. The summed E-state index contributed by atoms with van der Waals surface area (Å²) in [4.78, 5) is 13.4. The molecule has 2 aromatic carbocycles. The van der Waals surface area contributed by atoms with E-state index in [2.05, 4.69) is 22.6 Å². The number of nitrogens with zero attached hydrogens (tertiary/aromatic N) is 1. The number of aryl methyl sites for hydroxylation is 1. The molecule has 2 aliphatic rings. The monoisotopic (exact) mass is 424 g/mol. The Kier molecular flexibility index (Phi) is 4.49. The second kappa shape index (κ2) is 7.05. The van der Waals surface area contributed by atoms with Crippen molar-refractivity contribution in [3.8, 4) is 0 Å². The lowest BCUT2D eigenvalue weighted by Crippen LogP contribution is -2.29. The Morgan fingerprint density at radius 2 is 1.90 bits per heavy atom. The summed E-state index contributed by atoms with van der Waals surface area (Å²) >= 11 is 12.7. The topological polar surface area (TPSA) is 55.1 Å². The van der Waals surface area contributed by atoms with Gasteiger partial charge >= 0.3 is 0 Å². The number of benzene rings is 2. The largest absolute Gasteiger partial charge is 0.338 e. The Labute approximate surface area is 178 Å². The molecule has 1 aromatic heterocycles. The Morgan fingerprint density at radius 1 is 1.10 bits per heavy atom. The molecule has 0 amide bonds. The van der Waals surface area contributed by atoms with Crippen molar-refractivity contribution in [1.82, 2.24) is 5.16 Å². The van der Waals surface area contributed by atoms with Crippen LogP contribution in [0.4, 0.5) is 5.88 Å². The molecular weight excluding hydrogens is 407 g/mol. The Hall–Kier alpha value is -2.56. The Bertz CT molecular complexity index is 1150. The van der Waals surface area contributed by atoms with Crippen LogP contribution in [-0.4, -0.2) is 10.9 Å². The molecule has 2 unspecified atom stereocenters. The average molecular weight is 425 g/mol. The molecule has 5 rings (SSSR count). The number of carbonyl (C=O) groups is 1. The van der Waals surface area contributed by atoms with Gasteiger partial charge in [0.1, 0.15) is 0 Å². The number of carbonyl (C=O) groups excluding carboxylic acids is 1. The third-order valence-corrected chi connectivity index (χ3v) is 6.36. The predicted octanol–water partition coefficient (Wildman–Crippen LogP) is 6.25. The van der Waals surface area contributed by atoms with Crippen molar-refractivity contribution in [3.63, 3.8) is 0 Å². The molecule has 2 heterocycles. The van der Waals surface area contributed by atoms with Crippen molar-refractivity contribution in [3.05, 3.63) is 92.2 Å². The number of hydrogen-bond donors (Lipinski definition) is 1. The number of rotatable bonds is 2. The maximum Gasteiger partial charge on any atom is 0.233 e. The van der Waals surface area contributed by atoms with Crippen LogP contribution in [0, 0.1) is 6.92 Å². The molecule has 0 spiro atoms. The smallest absolute Gasteiger partial charge is 0.233 e. The van der Waals surface area contributed by atoms with Crippen LogP contribution in [0.1, 0.15) is 47.1 Å². The van der Waals surface area contributed by atoms with Gasteiger partial charge in [0.2, 0.25) is 5.88 Å². The zero-order valence-corrected chi connectivity index (χ0v) is 17.2. The lowest BCUT2D eigenvalue weighted by Gasteiger charge is -2.34. The van der Waals surface area contributed by atoms with Crippen LogP contribution in [0.15, 0.2) is 64.3 Å². The van der Waals surface area contributed by atoms with Gasteiger partial charge in [-0.3, -0.25) is 4.79 Å². The van der Waals surface area contributed by atoms with E-state index in [1.807, 2.05) is 31.2 Å². The van der Waals surface area contributed by atoms with E-state index in [-0.39, 0.29) is 17.6 Å². The SMILES string of the molecule is Cc1noc2c1C(c1ccc(Cl)cc1Cl)C1=C(CC(c3ccccc3)CC1=O)N2. The van der Waals surface area contributed by atoms with Gasteiger partial charge < -0.3 is 9.84 Å². The number of halogens is 2. The molecule has 29 heavy (non-hydrogen) atoms. The van der Waals surface area contributed by atoms with Crippen LogP contribution in [-0.2, 0) is 4.79 Å². The van der Waals surface area contributed by atoms with Crippen LogP contribution in [0.3, 0.4) is 0 Å². The first-order chi connectivity index (χ1) is 14.0. The average Bonchev–Trinajstić information content (AvgIpc) is 3.08. The van der Waals surface area contributed by atoms with Crippen LogP contribution >= 0.6 is 23.2 Å². The predicted molar refractivity (Wildman–Crippen MR) is 114 cm³/mol. The molecule has 1 N–H and O–H groups in total. The molecular formula is C23H18Cl2N2O2. The van der Waals surface area contributed by atoms with Gasteiger partial charge in [-0.2, -0.15) is 0 Å². The molecule has 0 saturated heterocycles. The highest BCUT2D eigenvalue weighted by Gasteiger charge is 2.41. The minimum Gasteiger partial charge on any atom is -0.338 e. The van der Waals surface area contributed by atoms with E-state index in [0.717, 1.165) is 40.1 Å². The van der Waals surface area contributed by atoms with Gasteiger partial charge in [0.05, 0.1) is 11.3 Å². The molecule has 0 bridgehead atoms. The summed E-state index contributed by atoms with van der Waals surface area (Å²) in [7, 11) is 0. The van der Waals surface area contributed by atoms with E-state index < -0.39 is 0 Å². The van der Waals surface area contributed by atoms with Crippen molar-refractivity contribution >= 4 is 34.9 Å². The summed E-state index contributed by atoms with van der Waals surface area (Å²) in [6.07, 6.45) is 1.19. The number of allylic oxidation sites excluding steroid dienone is 2. The molecule has 4 nitrogen and oxygen atoms in total. The third-order valence-electron chi connectivity index (χ3n) is 5.80. The van der Waals surface area contributed by atoms with Crippen LogP contribution in [0.25, 0.3) is 0 Å². The minimum atomic E-state index is -0.318. The summed E-state index contributed by atoms with van der Waals surface area (Å²) in [5.41, 5.74) is 5.24. The molecule has 6 heteroatoms. The first-order valence-corrected chi connectivity index (χ1v) is 10.3. The van der Waals surface area contributed by atoms with Crippen molar-refractivity contribution < 1.29 is 9.32 Å². The first kappa shape index (κ1) is 18.5. The van der Waals surface area contributed by atoms with Gasteiger partial charge in [-0.15, -0.1) is 0 Å². The van der Waals surface area contributed by atoms with Crippen molar-refractivity contribution in [1.29, 1.82) is 0 Å². The van der Waals surface area contributed by atoms with E-state index in [9.17, 15) is 4.79 Å². The third kappa shape index (κ3) is 3.07. The fourth-order valence-electron chi connectivity index (χ4n) is 4.48. The number of anilines is 1. The van der Waals surface area contributed by atoms with Gasteiger partial charge in [-0.05, 0) is 42.5 Å². The Morgan fingerprint density at radius 3 is 2.66 bits per heavy atom. The van der Waals surface area contributed by atoms with E-state index >= 15 is 0 Å². The zero-order chi connectivity index (χ0) is 20.1. The maximum atomic E-state index is 13.4. The number of ketones is 1. The number of hydrogen-bond acceptors (Lipinski definition) is 4. The quantitative estimate of drug-likeness (QED) is 0.528. The van der Waals surface area contributed by atoms with Gasteiger partial charge in [0.25, 0.3) is 0 Å². The molecule has 0 fully saturated rings. The van der Waals surface area contributed by atoms with Crippen LogP contribution in [0.2, 0.25) is 10.0 Å². The highest BCUT2D eigenvalue weighted by molar-refractivity contribution is 6.35. The molecule has 2 atom stereocenters. The molecule has 146 valence electrons. The van der Waals surface area contributed by atoms with E-state index in [1.54, 1.807) is 12.1 Å². The highest BCUT2D eigenvalue weighted by Crippen LogP contribution is 2.50. The summed E-state index contributed by atoms with van der Waals surface area (Å²) in [6.45, 7) is 1.88. The molecule has 0 radical (unpaired) electrons. The Balaban J connectivity index is 1.66. The molecule has 1 aliphatic carbocycles. The summed E-state index contributed by atoms with van der Waals surface area (Å²) in [5, 5.41) is 8.56. The van der Waals surface area contributed by atoms with Crippen LogP contribution < -0.4 is 5.32 Å². The normalized spacial score (nSPS) is 20.9. The summed E-state index contributed by atoms with van der Waals surface area (Å²) < 4.78 is 5.55. The van der Waals surface area contributed by atoms with Crippen molar-refractivity contribution in [2.75, 3.05) is 5.32 Å². The zero-order valence-electron chi connectivity index (χ0n) is 15.7. The van der Waals surface area contributed by atoms with Crippen molar-refractivity contribution in [2.45, 2.75) is 31.6 Å². The highest BCUT2D eigenvalue weighted by atomic mass is 35.5. The lowest BCUT2D eigenvalue weighted by molar-refractivity contribution is -0.116. The minimum absolute atomic E-state index is 0.120. The van der Waals surface area contributed by atoms with E-state index in [1.165, 1.54) is 0 Å². The second-order valence-corrected chi connectivity index (χ2v) is 8.41.